The predicted octanol–water partition coefficient (Wildman–Crippen LogP) is 0.525. The highest BCUT2D eigenvalue weighted by atomic mass is 16.4. The summed E-state index contributed by atoms with van der Waals surface area (Å²) in [5.74, 6) is -1.62. The third-order valence-corrected chi connectivity index (χ3v) is 1.38. The van der Waals surface area contributed by atoms with Crippen LogP contribution in [0.25, 0.3) is 0 Å². The van der Waals surface area contributed by atoms with Gasteiger partial charge in [-0.15, -0.1) is 0 Å². The van der Waals surface area contributed by atoms with Crippen molar-refractivity contribution in [2.45, 2.75) is 13.3 Å². The highest BCUT2D eigenvalue weighted by Gasteiger charge is 2.09. The molecule has 2 N–H and O–H groups in total. The number of rotatable bonds is 5. The van der Waals surface area contributed by atoms with Crippen molar-refractivity contribution in [1.29, 1.82) is 0 Å². The van der Waals surface area contributed by atoms with Gasteiger partial charge >= 0.3 is 5.97 Å². The summed E-state index contributed by atoms with van der Waals surface area (Å²) in [5, 5.41) is 17.1. The molecule has 13 heavy (non-hydrogen) atoms. The van der Waals surface area contributed by atoms with Crippen molar-refractivity contribution in [3.8, 4) is 0 Å². The van der Waals surface area contributed by atoms with E-state index in [1.807, 2.05) is 0 Å². The quantitative estimate of drug-likeness (QED) is 0.611. The van der Waals surface area contributed by atoms with Gasteiger partial charge in [-0.05, 0) is 18.6 Å². The molecule has 0 aliphatic heterocycles. The molecule has 0 atom stereocenters. The Balaban J connectivity index is 4.62. The predicted molar refractivity (Wildman–Crippen MR) is 47.2 cm³/mol. The van der Waals surface area contributed by atoms with Crippen molar-refractivity contribution < 1.29 is 19.8 Å². The van der Waals surface area contributed by atoms with Crippen LogP contribution in [0, 0.1) is 0 Å². The maximum absolute atomic E-state index is 11.0. The molecule has 4 nitrogen and oxygen atoms in total. The number of hydrogen-bond acceptors (Lipinski definition) is 3. The van der Waals surface area contributed by atoms with Gasteiger partial charge in [0.05, 0.1) is 0 Å². The lowest BCUT2D eigenvalue weighted by Gasteiger charge is -1.98. The first-order chi connectivity index (χ1) is 5.99. The largest absolute Gasteiger partial charge is 0.478 e. The Morgan fingerprint density at radius 2 is 2.00 bits per heavy atom. The van der Waals surface area contributed by atoms with E-state index in [0.717, 1.165) is 6.08 Å². The van der Waals surface area contributed by atoms with Gasteiger partial charge in [0.1, 0.15) is 0 Å². The van der Waals surface area contributed by atoms with E-state index in [1.54, 1.807) is 0 Å². The summed E-state index contributed by atoms with van der Waals surface area (Å²) in [5.41, 5.74) is 0.173. The molecule has 0 amide bonds. The molecule has 0 aromatic rings. The summed E-state index contributed by atoms with van der Waals surface area (Å²) in [4.78, 5) is 21.5. The third kappa shape index (κ3) is 4.22. The summed E-state index contributed by atoms with van der Waals surface area (Å²) in [7, 11) is 0. The number of carbonyl (C=O) groups excluding carboxylic acids is 1. The van der Waals surface area contributed by atoms with Crippen LogP contribution in [0.2, 0.25) is 0 Å². The minimum atomic E-state index is -1.19. The molecule has 0 unspecified atom stereocenters. The minimum Gasteiger partial charge on any atom is -0.478 e. The Hall–Kier alpha value is -1.42. The van der Waals surface area contributed by atoms with Gasteiger partial charge in [0.25, 0.3) is 0 Å². The van der Waals surface area contributed by atoms with Crippen molar-refractivity contribution in [3.63, 3.8) is 0 Å². The molecule has 72 valence electrons. The number of ketones is 1. The monoisotopic (exact) mass is 184 g/mol. The van der Waals surface area contributed by atoms with Crippen molar-refractivity contribution >= 4 is 11.8 Å². The molecule has 0 saturated heterocycles. The first-order valence-electron chi connectivity index (χ1n) is 3.73. The summed E-state index contributed by atoms with van der Waals surface area (Å²) in [6.45, 7) is 4.59. The lowest BCUT2D eigenvalue weighted by Crippen LogP contribution is -2.06. The van der Waals surface area contributed by atoms with E-state index in [9.17, 15) is 9.59 Å². The van der Waals surface area contributed by atoms with Gasteiger partial charge in [-0.2, -0.15) is 0 Å². The van der Waals surface area contributed by atoms with E-state index in [2.05, 4.69) is 6.58 Å². The molecular formula is C9H12O4. The number of aliphatic carboxylic acids is 1. The first kappa shape index (κ1) is 11.6. The van der Waals surface area contributed by atoms with Gasteiger partial charge in [0.15, 0.2) is 5.78 Å². The van der Waals surface area contributed by atoms with Crippen molar-refractivity contribution in [2.75, 3.05) is 6.61 Å². The Labute approximate surface area is 76.2 Å². The zero-order valence-corrected chi connectivity index (χ0v) is 7.41. The van der Waals surface area contributed by atoms with E-state index in [4.69, 9.17) is 10.2 Å². The van der Waals surface area contributed by atoms with E-state index >= 15 is 0 Å². The Morgan fingerprint density at radius 1 is 1.46 bits per heavy atom. The van der Waals surface area contributed by atoms with Gasteiger partial charge < -0.3 is 10.2 Å². The fraction of sp³-hybridized carbons (Fsp3) is 0.333. The molecule has 0 bridgehead atoms. The van der Waals surface area contributed by atoms with E-state index in [0.29, 0.717) is 0 Å². The second-order valence-corrected chi connectivity index (χ2v) is 2.59. The van der Waals surface area contributed by atoms with E-state index in [-0.39, 0.29) is 24.2 Å². The molecule has 4 heteroatoms. The summed E-state index contributed by atoms with van der Waals surface area (Å²) >= 11 is 0. The summed E-state index contributed by atoms with van der Waals surface area (Å²) < 4.78 is 0. The molecule has 0 spiro atoms. The highest BCUT2D eigenvalue weighted by Crippen LogP contribution is 2.03. The number of carbonyl (C=O) groups is 2. The molecule has 0 radical (unpaired) electrons. The third-order valence-electron chi connectivity index (χ3n) is 1.38. The van der Waals surface area contributed by atoms with Crippen molar-refractivity contribution in [2.24, 2.45) is 0 Å². The van der Waals surface area contributed by atoms with E-state index < -0.39 is 11.8 Å². The molecule has 0 aliphatic carbocycles. The molecular weight excluding hydrogens is 172 g/mol. The second-order valence-electron chi connectivity index (χ2n) is 2.59. The van der Waals surface area contributed by atoms with Crippen LogP contribution in [-0.4, -0.2) is 28.6 Å². The Bertz CT molecular complexity index is 263. The van der Waals surface area contributed by atoms with Crippen LogP contribution in [-0.2, 0) is 9.59 Å². The fourth-order valence-electron chi connectivity index (χ4n) is 0.643. The zero-order chi connectivity index (χ0) is 10.4. The summed E-state index contributed by atoms with van der Waals surface area (Å²) in [6, 6.07) is 0. The van der Waals surface area contributed by atoms with Crippen LogP contribution in [0.15, 0.2) is 23.8 Å². The van der Waals surface area contributed by atoms with Crippen LogP contribution in [0.3, 0.4) is 0 Å². The number of allylic oxidation sites excluding steroid dienone is 2. The molecule has 0 rings (SSSR count). The Kier molecular flexibility index (Phi) is 4.69. The van der Waals surface area contributed by atoms with Crippen LogP contribution < -0.4 is 0 Å². The molecule has 0 heterocycles. The van der Waals surface area contributed by atoms with Gasteiger partial charge in [-0.25, -0.2) is 4.79 Å². The molecule has 0 aliphatic rings. The van der Waals surface area contributed by atoms with Gasteiger partial charge in [-0.3, -0.25) is 4.79 Å². The molecule has 0 fully saturated rings. The van der Waals surface area contributed by atoms with Crippen LogP contribution in [0.5, 0.6) is 0 Å². The first-order valence-corrected chi connectivity index (χ1v) is 3.73. The minimum absolute atomic E-state index is 0.0334. The average Bonchev–Trinajstić information content (AvgIpc) is 2.03. The normalized spacial score (nSPS) is 11.1. The SMILES string of the molecule is C=C(C)C(=O)C=C(CCO)C(=O)O. The molecule has 0 aromatic carbocycles. The zero-order valence-electron chi connectivity index (χ0n) is 7.41. The average molecular weight is 184 g/mol. The number of carboxylic acid groups (broad SMARTS) is 1. The van der Waals surface area contributed by atoms with Gasteiger partial charge in [0, 0.05) is 18.6 Å². The van der Waals surface area contributed by atoms with Gasteiger partial charge in [0.2, 0.25) is 0 Å². The smallest absolute Gasteiger partial charge is 0.331 e. The van der Waals surface area contributed by atoms with Crippen LogP contribution in [0.4, 0.5) is 0 Å². The van der Waals surface area contributed by atoms with Crippen molar-refractivity contribution in [1.82, 2.24) is 0 Å². The molecule has 0 aromatic heterocycles. The standard InChI is InChI=1S/C9H12O4/c1-6(2)8(11)5-7(3-4-10)9(12)13/h5,10H,1,3-4H2,2H3,(H,12,13). The summed E-state index contributed by atoms with van der Waals surface area (Å²) in [6.07, 6.45) is 0.954. The number of carboxylic acids is 1. The van der Waals surface area contributed by atoms with Crippen LogP contribution in [0.1, 0.15) is 13.3 Å². The highest BCUT2D eigenvalue weighted by molar-refractivity contribution is 6.07. The maximum Gasteiger partial charge on any atom is 0.331 e. The number of aliphatic hydroxyl groups is 1. The Morgan fingerprint density at radius 3 is 2.31 bits per heavy atom. The van der Waals surface area contributed by atoms with E-state index in [1.165, 1.54) is 6.92 Å². The second kappa shape index (κ2) is 5.27. The topological polar surface area (TPSA) is 74.6 Å². The van der Waals surface area contributed by atoms with Gasteiger partial charge in [-0.1, -0.05) is 6.58 Å². The fourth-order valence-corrected chi connectivity index (χ4v) is 0.643. The molecule has 0 saturated carbocycles. The number of aliphatic hydroxyl groups excluding tert-OH is 1. The lowest BCUT2D eigenvalue weighted by atomic mass is 10.1. The maximum atomic E-state index is 11.0. The lowest BCUT2D eigenvalue weighted by molar-refractivity contribution is -0.133. The number of hydrogen-bond donors (Lipinski definition) is 2. The van der Waals surface area contributed by atoms with Crippen molar-refractivity contribution in [3.05, 3.63) is 23.8 Å². The van der Waals surface area contributed by atoms with Crippen LogP contribution >= 0.6 is 0 Å².